The molecular formula is C30H37N7O2. The molecule has 1 fully saturated rings. The maximum Gasteiger partial charge on any atom is 0.258 e. The summed E-state index contributed by atoms with van der Waals surface area (Å²) in [5.74, 6) is 3.44. The molecule has 0 spiro atoms. The van der Waals surface area contributed by atoms with Crippen molar-refractivity contribution in [3.8, 4) is 17.1 Å². The number of benzene rings is 2. The third kappa shape index (κ3) is 6.85. The number of fused-ring (bicyclic) bond motifs is 1. The molecular weight excluding hydrogens is 490 g/mol. The monoisotopic (exact) mass is 527 g/mol. The summed E-state index contributed by atoms with van der Waals surface area (Å²) in [6.45, 7) is 8.04. The van der Waals surface area contributed by atoms with Gasteiger partial charge in [-0.1, -0.05) is 25.5 Å². The van der Waals surface area contributed by atoms with Gasteiger partial charge >= 0.3 is 0 Å². The molecule has 3 heterocycles. The highest BCUT2D eigenvalue weighted by Gasteiger charge is 2.19. The van der Waals surface area contributed by atoms with E-state index in [2.05, 4.69) is 38.7 Å². The van der Waals surface area contributed by atoms with Gasteiger partial charge in [-0.3, -0.25) is 9.89 Å². The largest absolute Gasteiger partial charge is 0.484 e. The number of carbonyl (C=O) groups excluding carboxylic acids is 1. The highest BCUT2D eigenvalue weighted by Crippen LogP contribution is 2.30. The molecule has 4 aromatic rings. The molecule has 0 aliphatic carbocycles. The Kier molecular flexibility index (Phi) is 8.24. The molecule has 1 unspecified atom stereocenters. The fourth-order valence-electron chi connectivity index (χ4n) is 5.00. The number of anilines is 3. The van der Waals surface area contributed by atoms with Crippen LogP contribution in [-0.2, 0) is 4.79 Å². The first-order valence-corrected chi connectivity index (χ1v) is 13.8. The lowest BCUT2D eigenvalue weighted by atomic mass is 9.98. The number of H-pyrrole nitrogens is 1. The molecule has 9 heteroatoms. The summed E-state index contributed by atoms with van der Waals surface area (Å²) < 4.78 is 5.77. The van der Waals surface area contributed by atoms with Crippen LogP contribution in [0.2, 0.25) is 0 Å². The van der Waals surface area contributed by atoms with Gasteiger partial charge in [-0.05, 0) is 69.4 Å². The van der Waals surface area contributed by atoms with E-state index in [9.17, 15) is 4.79 Å². The van der Waals surface area contributed by atoms with Crippen molar-refractivity contribution in [2.75, 3.05) is 29.9 Å². The average Bonchev–Trinajstić information content (AvgIpc) is 3.26. The average molecular weight is 528 g/mol. The second-order valence-corrected chi connectivity index (χ2v) is 10.5. The smallest absolute Gasteiger partial charge is 0.258 e. The number of amides is 1. The minimum Gasteiger partial charge on any atom is -0.484 e. The van der Waals surface area contributed by atoms with Crippen LogP contribution in [0.4, 0.5) is 17.3 Å². The van der Waals surface area contributed by atoms with Crippen LogP contribution in [0.3, 0.4) is 0 Å². The van der Waals surface area contributed by atoms with E-state index in [0.717, 1.165) is 65.6 Å². The molecule has 0 saturated carbocycles. The highest BCUT2D eigenvalue weighted by molar-refractivity contribution is 5.83. The Balaban J connectivity index is 1.44. The summed E-state index contributed by atoms with van der Waals surface area (Å²) in [4.78, 5) is 24.3. The molecule has 0 radical (unpaired) electrons. The van der Waals surface area contributed by atoms with Crippen LogP contribution in [-0.4, -0.2) is 51.8 Å². The highest BCUT2D eigenvalue weighted by atomic mass is 16.5. The number of ether oxygens (including phenoxy) is 1. The number of rotatable bonds is 9. The van der Waals surface area contributed by atoms with Crippen LogP contribution in [0.5, 0.6) is 5.75 Å². The van der Waals surface area contributed by atoms with Gasteiger partial charge in [0, 0.05) is 41.8 Å². The summed E-state index contributed by atoms with van der Waals surface area (Å²) in [6.07, 6.45) is 6.60. The number of hydrogen-bond donors (Lipinski definition) is 3. The second kappa shape index (κ2) is 12.1. The Labute approximate surface area is 229 Å². The summed E-state index contributed by atoms with van der Waals surface area (Å²) in [5, 5.41) is 14.5. The van der Waals surface area contributed by atoms with Crippen LogP contribution in [0.15, 0.2) is 54.7 Å². The Morgan fingerprint density at radius 2 is 2.03 bits per heavy atom. The second-order valence-electron chi connectivity index (χ2n) is 10.5. The van der Waals surface area contributed by atoms with Crippen LogP contribution in [0.1, 0.15) is 46.5 Å². The van der Waals surface area contributed by atoms with Crippen LogP contribution >= 0.6 is 0 Å². The Bertz CT molecular complexity index is 1420. The van der Waals surface area contributed by atoms with E-state index in [-0.39, 0.29) is 18.6 Å². The molecule has 1 atom stereocenters. The molecule has 1 aliphatic rings. The minimum atomic E-state index is -0.152. The lowest BCUT2D eigenvalue weighted by Crippen LogP contribution is -2.34. The van der Waals surface area contributed by atoms with Crippen molar-refractivity contribution in [2.45, 2.75) is 52.5 Å². The topological polar surface area (TPSA) is 108 Å². The lowest BCUT2D eigenvalue weighted by molar-refractivity contribution is -0.123. The normalized spacial score (nSPS) is 15.8. The quantitative estimate of drug-likeness (QED) is 0.257. The summed E-state index contributed by atoms with van der Waals surface area (Å²) >= 11 is 0. The maximum absolute atomic E-state index is 12.1. The SMILES string of the molecule is CCC1CCCN(c2cc(Nc3ccc4[nH]ncc4c3)nc(-c3cccc(OCC(=O)NC(C)C)c3)n2)CC1. The molecule has 1 amide bonds. The predicted molar refractivity (Wildman–Crippen MR) is 155 cm³/mol. The van der Waals surface area contributed by atoms with Gasteiger partial charge < -0.3 is 20.3 Å². The zero-order valence-corrected chi connectivity index (χ0v) is 22.9. The van der Waals surface area contributed by atoms with Crippen molar-refractivity contribution < 1.29 is 9.53 Å². The standard InChI is InChI=1S/C30H37N7O2/c1-4-21-7-6-13-37(14-12-21)28-17-27(33-24-10-11-26-23(15-24)18-31-36-26)34-30(35-28)22-8-5-9-25(16-22)39-19-29(38)32-20(2)3/h5,8-11,15-18,20-21H,4,6-7,12-14,19H2,1-3H3,(H,31,36)(H,32,38)(H,33,34,35). The molecule has 0 bridgehead atoms. The molecule has 1 saturated heterocycles. The molecule has 9 nitrogen and oxygen atoms in total. The van der Waals surface area contributed by atoms with Gasteiger partial charge in [-0.15, -0.1) is 0 Å². The summed E-state index contributed by atoms with van der Waals surface area (Å²) in [7, 11) is 0. The number of aromatic nitrogens is 4. The molecule has 5 rings (SSSR count). The van der Waals surface area contributed by atoms with Crippen molar-refractivity contribution in [3.05, 3.63) is 54.7 Å². The summed E-state index contributed by atoms with van der Waals surface area (Å²) in [5.41, 5.74) is 2.74. The van der Waals surface area contributed by atoms with E-state index in [1.54, 1.807) is 0 Å². The first kappa shape index (κ1) is 26.5. The van der Waals surface area contributed by atoms with E-state index in [1.165, 1.54) is 12.8 Å². The van der Waals surface area contributed by atoms with E-state index in [0.29, 0.717) is 11.6 Å². The van der Waals surface area contributed by atoms with Crippen molar-refractivity contribution in [3.63, 3.8) is 0 Å². The number of nitrogens with zero attached hydrogens (tertiary/aromatic N) is 4. The first-order chi connectivity index (χ1) is 19.0. The number of nitrogens with one attached hydrogen (secondary N) is 3. The fraction of sp³-hybridized carbons (Fsp3) is 0.400. The van der Waals surface area contributed by atoms with Gasteiger partial charge in [0.15, 0.2) is 12.4 Å². The van der Waals surface area contributed by atoms with Crippen LogP contribution in [0, 0.1) is 5.92 Å². The van der Waals surface area contributed by atoms with Crippen LogP contribution < -0.4 is 20.3 Å². The van der Waals surface area contributed by atoms with Gasteiger partial charge in [-0.2, -0.15) is 5.10 Å². The van der Waals surface area contributed by atoms with Crippen molar-refractivity contribution in [2.24, 2.45) is 5.92 Å². The van der Waals surface area contributed by atoms with Crippen molar-refractivity contribution >= 4 is 34.1 Å². The van der Waals surface area contributed by atoms with Crippen molar-refractivity contribution in [1.29, 1.82) is 0 Å². The van der Waals surface area contributed by atoms with Gasteiger partial charge in [0.25, 0.3) is 5.91 Å². The number of aromatic amines is 1. The molecule has 204 valence electrons. The Morgan fingerprint density at radius 1 is 1.13 bits per heavy atom. The Morgan fingerprint density at radius 3 is 2.87 bits per heavy atom. The zero-order valence-electron chi connectivity index (χ0n) is 22.9. The number of hydrogen-bond acceptors (Lipinski definition) is 7. The Hall–Kier alpha value is -4.14. The molecule has 39 heavy (non-hydrogen) atoms. The summed E-state index contributed by atoms with van der Waals surface area (Å²) in [6, 6.07) is 15.8. The molecule has 1 aliphatic heterocycles. The van der Waals surface area contributed by atoms with Gasteiger partial charge in [0.1, 0.15) is 17.4 Å². The first-order valence-electron chi connectivity index (χ1n) is 13.8. The minimum absolute atomic E-state index is 0.0435. The van der Waals surface area contributed by atoms with Gasteiger partial charge in [0.2, 0.25) is 0 Å². The third-order valence-electron chi connectivity index (χ3n) is 7.09. The van der Waals surface area contributed by atoms with E-state index in [4.69, 9.17) is 14.7 Å². The van der Waals surface area contributed by atoms with Gasteiger partial charge in [-0.25, -0.2) is 9.97 Å². The predicted octanol–water partition coefficient (Wildman–Crippen LogP) is 5.68. The van der Waals surface area contributed by atoms with Crippen LogP contribution in [0.25, 0.3) is 22.3 Å². The van der Waals surface area contributed by atoms with Crippen molar-refractivity contribution in [1.82, 2.24) is 25.5 Å². The van der Waals surface area contributed by atoms with E-state index in [1.807, 2.05) is 62.5 Å². The molecule has 3 N–H and O–H groups in total. The van der Waals surface area contributed by atoms with E-state index < -0.39 is 0 Å². The number of carbonyl (C=O) groups is 1. The third-order valence-corrected chi connectivity index (χ3v) is 7.09. The zero-order chi connectivity index (χ0) is 27.2. The fourth-order valence-corrected chi connectivity index (χ4v) is 5.00. The van der Waals surface area contributed by atoms with Gasteiger partial charge in [0.05, 0.1) is 11.7 Å². The van der Waals surface area contributed by atoms with E-state index >= 15 is 0 Å². The molecule has 2 aromatic heterocycles. The molecule has 2 aromatic carbocycles. The lowest BCUT2D eigenvalue weighted by Gasteiger charge is -2.23. The maximum atomic E-state index is 12.1.